The predicted molar refractivity (Wildman–Crippen MR) is 92.6 cm³/mol. The van der Waals surface area contributed by atoms with E-state index in [0.717, 1.165) is 24.3 Å². The Labute approximate surface area is 158 Å². The lowest BCUT2D eigenvalue weighted by molar-refractivity contribution is -0.0544. The molecule has 150 valence electrons. The van der Waals surface area contributed by atoms with Gasteiger partial charge in [0.25, 0.3) is 0 Å². The lowest BCUT2D eigenvalue weighted by Crippen LogP contribution is -2.08. The first-order chi connectivity index (χ1) is 13.3. The molecule has 0 aliphatic heterocycles. The van der Waals surface area contributed by atoms with Gasteiger partial charge in [0.1, 0.15) is 11.5 Å². The van der Waals surface area contributed by atoms with Crippen molar-refractivity contribution in [2.24, 2.45) is 0 Å². The lowest BCUT2D eigenvalue weighted by Gasteiger charge is -2.11. The summed E-state index contributed by atoms with van der Waals surface area (Å²) in [4.78, 5) is 12.4. The molecule has 2 aromatic carbocycles. The van der Waals surface area contributed by atoms with Crippen LogP contribution in [-0.4, -0.2) is 33.2 Å². The summed E-state index contributed by atoms with van der Waals surface area (Å²) in [6.45, 7) is -6.39. The van der Waals surface area contributed by atoms with Gasteiger partial charge in [-0.15, -0.1) is 0 Å². The Balaban J connectivity index is 2.28. The monoisotopic (exact) mass is 400 g/mol. The highest BCUT2D eigenvalue weighted by molar-refractivity contribution is 6.08. The highest BCUT2D eigenvalue weighted by Gasteiger charge is 2.17. The van der Waals surface area contributed by atoms with Crippen LogP contribution in [0.1, 0.15) is 15.9 Å². The lowest BCUT2D eigenvalue weighted by atomic mass is 10.1. The van der Waals surface area contributed by atoms with Gasteiger partial charge < -0.3 is 18.9 Å². The standard InChI is InChI=1S/C19H16F4O5/c1-25-15-8-4-11(9-17(15)26-2)3-7-14(24)13-6-5-12(27-18(20)21)10-16(13)28-19(22)23/h3-10,18-19H,1-2H3/b7-3+. The van der Waals surface area contributed by atoms with Gasteiger partial charge >= 0.3 is 13.2 Å². The molecule has 0 unspecified atom stereocenters. The summed E-state index contributed by atoms with van der Waals surface area (Å²) in [6, 6.07) is 7.82. The number of hydrogen-bond donors (Lipinski definition) is 0. The highest BCUT2D eigenvalue weighted by Crippen LogP contribution is 2.30. The minimum absolute atomic E-state index is 0.237. The Kier molecular flexibility index (Phi) is 7.25. The van der Waals surface area contributed by atoms with Gasteiger partial charge in [0, 0.05) is 6.07 Å². The first kappa shape index (κ1) is 21.1. The molecule has 0 aromatic heterocycles. The third-order valence-electron chi connectivity index (χ3n) is 3.49. The number of carbonyl (C=O) groups excluding carboxylic acids is 1. The van der Waals surface area contributed by atoms with Crippen molar-refractivity contribution in [1.82, 2.24) is 0 Å². The smallest absolute Gasteiger partial charge is 0.387 e. The molecule has 5 nitrogen and oxygen atoms in total. The number of hydrogen-bond acceptors (Lipinski definition) is 5. The van der Waals surface area contributed by atoms with E-state index < -0.39 is 30.5 Å². The highest BCUT2D eigenvalue weighted by atomic mass is 19.3. The molecule has 0 radical (unpaired) electrons. The largest absolute Gasteiger partial charge is 0.493 e. The van der Waals surface area contributed by atoms with E-state index in [4.69, 9.17) is 9.47 Å². The first-order valence-electron chi connectivity index (χ1n) is 7.82. The van der Waals surface area contributed by atoms with E-state index in [1.54, 1.807) is 18.2 Å². The van der Waals surface area contributed by atoms with Gasteiger partial charge in [0.2, 0.25) is 0 Å². The Morgan fingerprint density at radius 2 is 1.54 bits per heavy atom. The number of rotatable bonds is 9. The number of halogens is 4. The molecule has 0 atom stereocenters. The van der Waals surface area contributed by atoms with Gasteiger partial charge in [-0.2, -0.15) is 17.6 Å². The molecule has 2 aromatic rings. The molecule has 28 heavy (non-hydrogen) atoms. The van der Waals surface area contributed by atoms with E-state index in [1.807, 2.05) is 0 Å². The molecule has 0 aliphatic rings. The van der Waals surface area contributed by atoms with E-state index in [-0.39, 0.29) is 5.56 Å². The zero-order valence-corrected chi connectivity index (χ0v) is 14.8. The van der Waals surface area contributed by atoms with E-state index in [0.29, 0.717) is 17.1 Å². The summed E-state index contributed by atoms with van der Waals surface area (Å²) in [5.41, 5.74) is 0.346. The molecule has 0 bridgehead atoms. The molecule has 0 heterocycles. The summed E-state index contributed by atoms with van der Waals surface area (Å²) in [5, 5.41) is 0. The SMILES string of the molecule is COc1ccc(/C=C/C(=O)c2ccc(OC(F)F)cc2OC(F)F)cc1OC. The fourth-order valence-corrected chi connectivity index (χ4v) is 2.29. The van der Waals surface area contributed by atoms with E-state index in [2.05, 4.69) is 9.47 Å². The number of ether oxygens (including phenoxy) is 4. The van der Waals surface area contributed by atoms with Gasteiger partial charge in [-0.1, -0.05) is 12.1 Å². The van der Waals surface area contributed by atoms with Crippen LogP contribution >= 0.6 is 0 Å². The summed E-state index contributed by atoms with van der Waals surface area (Å²) >= 11 is 0. The number of ketones is 1. The fourth-order valence-electron chi connectivity index (χ4n) is 2.29. The maximum Gasteiger partial charge on any atom is 0.387 e. The fraction of sp³-hybridized carbons (Fsp3) is 0.211. The second-order valence-electron chi connectivity index (χ2n) is 5.23. The maximum absolute atomic E-state index is 12.6. The molecule has 0 saturated heterocycles. The van der Waals surface area contributed by atoms with Crippen molar-refractivity contribution in [3.8, 4) is 23.0 Å². The number of benzene rings is 2. The Morgan fingerprint density at radius 3 is 2.14 bits per heavy atom. The summed E-state index contributed by atoms with van der Waals surface area (Å²) in [6.07, 6.45) is 2.56. The average molecular weight is 400 g/mol. The van der Waals surface area contributed by atoms with Crippen LogP contribution in [0.5, 0.6) is 23.0 Å². The summed E-state index contributed by atoms with van der Waals surface area (Å²) in [7, 11) is 2.93. The predicted octanol–water partition coefficient (Wildman–Crippen LogP) is 4.80. The third kappa shape index (κ3) is 5.63. The molecule has 0 spiro atoms. The topological polar surface area (TPSA) is 54.0 Å². The number of alkyl halides is 4. The minimum Gasteiger partial charge on any atom is -0.493 e. The van der Waals surface area contributed by atoms with E-state index in [1.165, 1.54) is 20.3 Å². The molecule has 0 saturated carbocycles. The molecule has 0 aliphatic carbocycles. The van der Waals surface area contributed by atoms with Gasteiger partial charge in [-0.25, -0.2) is 0 Å². The van der Waals surface area contributed by atoms with E-state index in [9.17, 15) is 22.4 Å². The van der Waals surface area contributed by atoms with Crippen molar-refractivity contribution < 1.29 is 41.3 Å². The van der Waals surface area contributed by atoms with Gasteiger partial charge in [-0.3, -0.25) is 4.79 Å². The van der Waals surface area contributed by atoms with Crippen LogP contribution in [0, 0.1) is 0 Å². The van der Waals surface area contributed by atoms with Crippen LogP contribution in [0.25, 0.3) is 6.08 Å². The molecule has 0 amide bonds. The van der Waals surface area contributed by atoms with Crippen molar-refractivity contribution in [2.45, 2.75) is 13.2 Å². The minimum atomic E-state index is -3.25. The van der Waals surface area contributed by atoms with Crippen molar-refractivity contribution in [3.05, 3.63) is 53.6 Å². The summed E-state index contributed by atoms with van der Waals surface area (Å²) in [5.74, 6) is -0.726. The third-order valence-corrected chi connectivity index (χ3v) is 3.49. The van der Waals surface area contributed by atoms with Crippen LogP contribution in [0.3, 0.4) is 0 Å². The number of carbonyl (C=O) groups is 1. The zero-order valence-electron chi connectivity index (χ0n) is 14.8. The van der Waals surface area contributed by atoms with Crippen molar-refractivity contribution in [1.29, 1.82) is 0 Å². The molecule has 9 heteroatoms. The second kappa shape index (κ2) is 9.63. The van der Waals surface area contributed by atoms with Gasteiger partial charge in [0.15, 0.2) is 17.3 Å². The Morgan fingerprint density at radius 1 is 0.857 bits per heavy atom. The molecular formula is C19H16F4O5. The van der Waals surface area contributed by atoms with Crippen molar-refractivity contribution in [2.75, 3.05) is 14.2 Å². The van der Waals surface area contributed by atoms with Crippen LogP contribution in [0.4, 0.5) is 17.6 Å². The van der Waals surface area contributed by atoms with Gasteiger partial charge in [0.05, 0.1) is 19.8 Å². The maximum atomic E-state index is 12.6. The Bertz CT molecular complexity index is 852. The summed E-state index contributed by atoms with van der Waals surface area (Å²) < 4.78 is 68.4. The van der Waals surface area contributed by atoms with Crippen LogP contribution in [0.2, 0.25) is 0 Å². The Hall–Kier alpha value is -3.23. The van der Waals surface area contributed by atoms with Crippen LogP contribution < -0.4 is 18.9 Å². The van der Waals surface area contributed by atoms with Crippen molar-refractivity contribution in [3.63, 3.8) is 0 Å². The second-order valence-corrected chi connectivity index (χ2v) is 5.23. The normalized spacial score (nSPS) is 11.1. The van der Waals surface area contributed by atoms with Gasteiger partial charge in [-0.05, 0) is 35.9 Å². The molecule has 0 fully saturated rings. The molecule has 0 N–H and O–H groups in total. The zero-order chi connectivity index (χ0) is 20.7. The quantitative estimate of drug-likeness (QED) is 0.344. The molecular weight excluding hydrogens is 384 g/mol. The van der Waals surface area contributed by atoms with Crippen molar-refractivity contribution >= 4 is 11.9 Å². The van der Waals surface area contributed by atoms with Crippen LogP contribution in [0.15, 0.2) is 42.5 Å². The van der Waals surface area contributed by atoms with E-state index >= 15 is 0 Å². The van der Waals surface area contributed by atoms with Crippen LogP contribution in [-0.2, 0) is 0 Å². The average Bonchev–Trinajstić information content (AvgIpc) is 2.65. The first-order valence-corrected chi connectivity index (χ1v) is 7.82. The number of allylic oxidation sites excluding steroid dienone is 1. The number of methoxy groups -OCH3 is 2. The molecule has 2 rings (SSSR count).